The molecule has 3 heterocycles. The van der Waals surface area contributed by atoms with Crippen LogP contribution in [-0.2, 0) is 16.1 Å². The molecule has 0 saturated carbocycles. The topological polar surface area (TPSA) is 91.6 Å². The normalized spacial score (nSPS) is 17.2. The molecule has 2 amide bonds. The number of piperidine rings is 1. The van der Waals surface area contributed by atoms with Crippen LogP contribution in [0.3, 0.4) is 0 Å². The maximum atomic E-state index is 12.9. The molecule has 0 atom stereocenters. The summed E-state index contributed by atoms with van der Waals surface area (Å²) in [6.07, 6.45) is 2.97. The highest BCUT2D eigenvalue weighted by Gasteiger charge is 2.27. The first-order chi connectivity index (χ1) is 17.0. The van der Waals surface area contributed by atoms with E-state index < -0.39 is 0 Å². The summed E-state index contributed by atoms with van der Waals surface area (Å²) < 4.78 is 5.43. The summed E-state index contributed by atoms with van der Waals surface area (Å²) in [5.41, 5.74) is 3.47. The largest absolute Gasteiger partial charge is 0.338 e. The molecular formula is C26H28ClN5O3. The van der Waals surface area contributed by atoms with E-state index in [1.165, 1.54) is 0 Å². The van der Waals surface area contributed by atoms with Crippen LogP contribution < -0.4 is 10.2 Å². The van der Waals surface area contributed by atoms with Crippen LogP contribution in [0, 0.1) is 12.8 Å². The van der Waals surface area contributed by atoms with Crippen molar-refractivity contribution in [1.29, 1.82) is 0 Å². The Bertz CT molecular complexity index is 1240. The minimum Gasteiger partial charge on any atom is -0.338 e. The number of aromatic nitrogens is 2. The maximum absolute atomic E-state index is 12.9. The number of benzene rings is 2. The van der Waals surface area contributed by atoms with Crippen LogP contribution in [0.2, 0.25) is 5.02 Å². The molecule has 0 bridgehead atoms. The Morgan fingerprint density at radius 1 is 1.17 bits per heavy atom. The molecule has 1 aromatic heterocycles. The van der Waals surface area contributed by atoms with Gasteiger partial charge in [-0.05, 0) is 69.1 Å². The molecule has 5 rings (SSSR count). The third kappa shape index (κ3) is 5.39. The third-order valence-electron chi connectivity index (χ3n) is 6.71. The number of rotatable bonds is 6. The molecule has 0 radical (unpaired) electrons. The quantitative estimate of drug-likeness (QED) is 0.536. The second kappa shape index (κ2) is 10.2. The van der Waals surface area contributed by atoms with E-state index in [9.17, 15) is 9.59 Å². The minimum atomic E-state index is -0.0610. The molecule has 2 aromatic carbocycles. The van der Waals surface area contributed by atoms with Gasteiger partial charge in [0, 0.05) is 40.8 Å². The van der Waals surface area contributed by atoms with E-state index >= 15 is 0 Å². The fraction of sp³-hybridized carbons (Fsp3) is 0.385. The highest BCUT2D eigenvalue weighted by atomic mass is 35.5. The molecule has 2 fully saturated rings. The van der Waals surface area contributed by atoms with Crippen molar-refractivity contribution in [2.45, 2.75) is 39.2 Å². The van der Waals surface area contributed by atoms with E-state index in [-0.39, 0.29) is 17.7 Å². The van der Waals surface area contributed by atoms with Crippen LogP contribution in [0.25, 0.3) is 11.4 Å². The van der Waals surface area contributed by atoms with Crippen LogP contribution in [0.5, 0.6) is 0 Å². The number of carbonyl (C=O) groups is 2. The van der Waals surface area contributed by atoms with Gasteiger partial charge < -0.3 is 14.7 Å². The Hall–Kier alpha value is -3.23. The van der Waals surface area contributed by atoms with Gasteiger partial charge in [-0.1, -0.05) is 35.0 Å². The smallest absolute Gasteiger partial charge is 0.241 e. The highest BCUT2D eigenvalue weighted by molar-refractivity contribution is 6.30. The molecular weight excluding hydrogens is 466 g/mol. The van der Waals surface area contributed by atoms with Gasteiger partial charge in [0.05, 0.1) is 6.54 Å². The first kappa shape index (κ1) is 23.5. The van der Waals surface area contributed by atoms with Crippen molar-refractivity contribution >= 4 is 34.8 Å². The molecule has 8 nitrogen and oxygen atoms in total. The van der Waals surface area contributed by atoms with E-state index in [1.807, 2.05) is 42.2 Å². The van der Waals surface area contributed by atoms with Crippen LogP contribution in [0.4, 0.5) is 11.4 Å². The summed E-state index contributed by atoms with van der Waals surface area (Å²) in [6.45, 7) is 4.82. The zero-order valence-electron chi connectivity index (χ0n) is 19.7. The van der Waals surface area contributed by atoms with Crippen molar-refractivity contribution in [3.05, 3.63) is 58.9 Å². The summed E-state index contributed by atoms with van der Waals surface area (Å²) >= 11 is 6.05. The van der Waals surface area contributed by atoms with Gasteiger partial charge in [-0.15, -0.1) is 0 Å². The summed E-state index contributed by atoms with van der Waals surface area (Å²) in [5.74, 6) is 1.17. The fourth-order valence-electron chi connectivity index (χ4n) is 4.73. The van der Waals surface area contributed by atoms with Crippen LogP contribution in [-0.4, -0.2) is 46.5 Å². The number of anilines is 2. The lowest BCUT2D eigenvalue weighted by Gasteiger charge is -2.30. The van der Waals surface area contributed by atoms with Crippen molar-refractivity contribution in [3.63, 3.8) is 0 Å². The van der Waals surface area contributed by atoms with Gasteiger partial charge >= 0.3 is 0 Å². The Morgan fingerprint density at radius 3 is 2.74 bits per heavy atom. The molecule has 0 aliphatic carbocycles. The Morgan fingerprint density at radius 2 is 2.00 bits per heavy atom. The summed E-state index contributed by atoms with van der Waals surface area (Å²) in [5, 5.41) is 7.76. The predicted molar refractivity (Wildman–Crippen MR) is 134 cm³/mol. The van der Waals surface area contributed by atoms with Crippen LogP contribution in [0.15, 0.2) is 47.0 Å². The predicted octanol–water partition coefficient (Wildman–Crippen LogP) is 4.68. The lowest BCUT2D eigenvalue weighted by Crippen LogP contribution is -2.37. The van der Waals surface area contributed by atoms with Gasteiger partial charge in [-0.2, -0.15) is 4.98 Å². The Balaban J connectivity index is 1.15. The van der Waals surface area contributed by atoms with E-state index in [4.69, 9.17) is 16.1 Å². The number of likely N-dealkylation sites (tertiary alicyclic amines) is 1. The lowest BCUT2D eigenvalue weighted by atomic mass is 9.95. The van der Waals surface area contributed by atoms with Gasteiger partial charge in [0.15, 0.2) is 0 Å². The molecule has 3 aromatic rings. The molecule has 1 N–H and O–H groups in total. The molecule has 2 aliphatic rings. The van der Waals surface area contributed by atoms with Crippen LogP contribution >= 0.6 is 11.6 Å². The lowest BCUT2D eigenvalue weighted by molar-refractivity contribution is -0.121. The van der Waals surface area contributed by atoms with Crippen molar-refractivity contribution < 1.29 is 14.1 Å². The van der Waals surface area contributed by atoms with Crippen molar-refractivity contribution in [2.24, 2.45) is 5.92 Å². The molecule has 9 heteroatoms. The van der Waals surface area contributed by atoms with Crippen molar-refractivity contribution in [2.75, 3.05) is 29.9 Å². The molecule has 0 spiro atoms. The van der Waals surface area contributed by atoms with E-state index in [1.54, 1.807) is 12.1 Å². The maximum Gasteiger partial charge on any atom is 0.241 e. The Kier molecular flexibility index (Phi) is 6.83. The number of nitrogens with one attached hydrogen (secondary N) is 1. The summed E-state index contributed by atoms with van der Waals surface area (Å²) in [7, 11) is 0. The Labute approximate surface area is 209 Å². The van der Waals surface area contributed by atoms with Gasteiger partial charge in [-0.25, -0.2) is 0 Å². The average molecular weight is 494 g/mol. The average Bonchev–Trinajstić information content (AvgIpc) is 3.50. The van der Waals surface area contributed by atoms with Gasteiger partial charge in [0.1, 0.15) is 0 Å². The first-order valence-corrected chi connectivity index (χ1v) is 12.4. The van der Waals surface area contributed by atoms with E-state index in [0.29, 0.717) is 29.7 Å². The molecule has 35 heavy (non-hydrogen) atoms. The first-order valence-electron chi connectivity index (χ1n) is 12.0. The number of nitrogens with zero attached hydrogens (tertiary/aromatic N) is 4. The molecule has 0 unspecified atom stereocenters. The van der Waals surface area contributed by atoms with E-state index in [2.05, 4.69) is 20.4 Å². The zero-order valence-corrected chi connectivity index (χ0v) is 20.4. The molecule has 2 saturated heterocycles. The second-order valence-corrected chi connectivity index (χ2v) is 9.65. The van der Waals surface area contributed by atoms with E-state index in [0.717, 1.165) is 61.4 Å². The third-order valence-corrected chi connectivity index (χ3v) is 6.94. The number of aryl methyl sites for hydroxylation is 1. The number of halogens is 1. The summed E-state index contributed by atoms with van der Waals surface area (Å²) in [4.78, 5) is 33.6. The molecule has 182 valence electrons. The zero-order chi connectivity index (χ0) is 24.4. The summed E-state index contributed by atoms with van der Waals surface area (Å²) in [6, 6.07) is 13.1. The van der Waals surface area contributed by atoms with Gasteiger partial charge in [0.25, 0.3) is 0 Å². The number of carbonyl (C=O) groups excluding carboxylic acids is 2. The fourth-order valence-corrected chi connectivity index (χ4v) is 4.92. The van der Waals surface area contributed by atoms with Crippen molar-refractivity contribution in [1.82, 2.24) is 15.0 Å². The van der Waals surface area contributed by atoms with Crippen molar-refractivity contribution in [3.8, 4) is 11.4 Å². The highest BCUT2D eigenvalue weighted by Crippen LogP contribution is 2.29. The van der Waals surface area contributed by atoms with Crippen LogP contribution in [0.1, 0.15) is 37.1 Å². The second-order valence-electron chi connectivity index (χ2n) is 9.21. The van der Waals surface area contributed by atoms with Gasteiger partial charge in [-0.3, -0.25) is 14.5 Å². The monoisotopic (exact) mass is 493 g/mol. The SMILES string of the molecule is Cc1ccc(NC(=O)C2CCN(Cc3nc(-c4cccc(Cl)c4)no3)CC2)cc1N1CCCC1=O. The number of hydrogen-bond acceptors (Lipinski definition) is 6. The number of hydrogen-bond donors (Lipinski definition) is 1. The number of amides is 2. The minimum absolute atomic E-state index is 0.0215. The molecule has 2 aliphatic heterocycles. The van der Waals surface area contributed by atoms with Gasteiger partial charge in [0.2, 0.25) is 23.5 Å². The standard InChI is InChI=1S/C26H28ClN5O3/c1-17-7-8-21(15-22(17)32-11-3-6-24(32)33)28-26(34)18-9-12-31(13-10-18)16-23-29-25(30-35-23)19-4-2-5-20(27)14-19/h2,4-5,7-8,14-15,18H,3,6,9-13,16H2,1H3,(H,28,34).